The number of amides is 4. The van der Waals surface area contributed by atoms with Gasteiger partial charge in [0.25, 0.3) is 5.91 Å². The van der Waals surface area contributed by atoms with E-state index in [2.05, 4.69) is 5.32 Å². The summed E-state index contributed by atoms with van der Waals surface area (Å²) in [5, 5.41) is 2.77. The smallest absolute Gasteiger partial charge is 0.332 e. The number of urea groups is 1. The third-order valence-corrected chi connectivity index (χ3v) is 4.97. The highest BCUT2D eigenvalue weighted by atomic mass is 16.5. The first-order chi connectivity index (χ1) is 15.1. The molecule has 0 aliphatic carbocycles. The van der Waals surface area contributed by atoms with Crippen molar-refractivity contribution in [2.24, 2.45) is 0 Å². The highest BCUT2D eigenvalue weighted by molar-refractivity contribution is 6.22. The van der Waals surface area contributed by atoms with Crippen LogP contribution in [0.25, 0.3) is 0 Å². The fraction of sp³-hybridized carbons (Fsp3) is 0.174. The van der Waals surface area contributed by atoms with Gasteiger partial charge in [0.05, 0.1) is 32.0 Å². The molecule has 0 radical (unpaired) electrons. The van der Waals surface area contributed by atoms with E-state index in [0.29, 0.717) is 22.9 Å². The lowest BCUT2D eigenvalue weighted by molar-refractivity contribution is -0.124. The van der Waals surface area contributed by atoms with Crippen LogP contribution in [0.2, 0.25) is 0 Å². The molecule has 31 heavy (non-hydrogen) atoms. The zero-order chi connectivity index (χ0) is 21.8. The first-order valence-electron chi connectivity index (χ1n) is 9.72. The maximum absolute atomic E-state index is 13.3. The molecule has 1 aliphatic heterocycles. The standard InChI is InChI=1S/C23H21N3O5/c1-30-18-10-5-9-17(13-18)26-22(28)20(14-21(27)24-16-7-3-2-4-8-16)25(23(26)29)15-19-11-6-12-31-19/h2-13,20H,14-15H2,1H3,(H,24,27)/t20-/m1/s1. The van der Waals surface area contributed by atoms with Crippen molar-refractivity contribution >= 4 is 29.2 Å². The summed E-state index contributed by atoms with van der Waals surface area (Å²) in [5.41, 5.74) is 0.997. The van der Waals surface area contributed by atoms with E-state index >= 15 is 0 Å². The Bertz CT molecular complexity index is 1080. The molecule has 2 heterocycles. The van der Waals surface area contributed by atoms with E-state index in [0.717, 1.165) is 4.90 Å². The number of carbonyl (C=O) groups excluding carboxylic acids is 3. The number of methoxy groups -OCH3 is 1. The molecular weight excluding hydrogens is 398 g/mol. The molecule has 4 amide bonds. The summed E-state index contributed by atoms with van der Waals surface area (Å²) in [6, 6.07) is 17.5. The lowest BCUT2D eigenvalue weighted by atomic mass is 10.1. The van der Waals surface area contributed by atoms with Crippen LogP contribution in [0.15, 0.2) is 77.4 Å². The van der Waals surface area contributed by atoms with Gasteiger partial charge in [-0.3, -0.25) is 9.59 Å². The quantitative estimate of drug-likeness (QED) is 0.590. The predicted molar refractivity (Wildman–Crippen MR) is 114 cm³/mol. The number of rotatable bonds is 7. The van der Waals surface area contributed by atoms with Crippen LogP contribution >= 0.6 is 0 Å². The van der Waals surface area contributed by atoms with Crippen molar-refractivity contribution in [2.45, 2.75) is 19.0 Å². The van der Waals surface area contributed by atoms with Crippen LogP contribution in [0, 0.1) is 0 Å². The van der Waals surface area contributed by atoms with Gasteiger partial charge in [0.2, 0.25) is 5.91 Å². The van der Waals surface area contributed by atoms with Gasteiger partial charge in [-0.05, 0) is 36.4 Å². The Balaban J connectivity index is 1.60. The molecular formula is C23H21N3O5. The number of benzene rings is 2. The number of para-hydroxylation sites is 1. The summed E-state index contributed by atoms with van der Waals surface area (Å²) in [6.45, 7) is 0.0708. The van der Waals surface area contributed by atoms with Crippen molar-refractivity contribution in [3.8, 4) is 5.75 Å². The maximum atomic E-state index is 13.3. The topological polar surface area (TPSA) is 92.1 Å². The molecule has 158 valence electrons. The van der Waals surface area contributed by atoms with Crippen LogP contribution in [0.5, 0.6) is 5.75 Å². The van der Waals surface area contributed by atoms with Crippen LogP contribution in [-0.2, 0) is 16.1 Å². The van der Waals surface area contributed by atoms with Gasteiger partial charge >= 0.3 is 6.03 Å². The second kappa shape index (κ2) is 8.74. The number of ether oxygens (including phenoxy) is 1. The molecule has 1 fully saturated rings. The second-order valence-electron chi connectivity index (χ2n) is 7.00. The van der Waals surface area contributed by atoms with Crippen molar-refractivity contribution < 1.29 is 23.5 Å². The van der Waals surface area contributed by atoms with Gasteiger partial charge in [0.1, 0.15) is 17.6 Å². The van der Waals surface area contributed by atoms with E-state index in [-0.39, 0.29) is 18.9 Å². The van der Waals surface area contributed by atoms with Crippen molar-refractivity contribution in [3.63, 3.8) is 0 Å². The molecule has 0 unspecified atom stereocenters. The fourth-order valence-corrected chi connectivity index (χ4v) is 3.48. The SMILES string of the molecule is COc1cccc(N2C(=O)[C@@H](CC(=O)Nc3ccccc3)N(Cc3ccco3)C2=O)c1. The van der Waals surface area contributed by atoms with Gasteiger partial charge in [0, 0.05) is 11.8 Å². The lowest BCUT2D eigenvalue weighted by Crippen LogP contribution is -2.37. The maximum Gasteiger partial charge on any atom is 0.332 e. The molecule has 1 aromatic heterocycles. The number of nitrogens with zero attached hydrogens (tertiary/aromatic N) is 2. The number of furan rings is 1. The Morgan fingerprint density at radius 3 is 2.58 bits per heavy atom. The number of hydrogen-bond acceptors (Lipinski definition) is 5. The lowest BCUT2D eigenvalue weighted by Gasteiger charge is -2.20. The third-order valence-electron chi connectivity index (χ3n) is 4.97. The monoisotopic (exact) mass is 419 g/mol. The molecule has 1 N–H and O–H groups in total. The van der Waals surface area contributed by atoms with Crippen LogP contribution < -0.4 is 15.0 Å². The average molecular weight is 419 g/mol. The van der Waals surface area contributed by atoms with Gasteiger partial charge < -0.3 is 19.4 Å². The molecule has 4 rings (SSSR count). The van der Waals surface area contributed by atoms with E-state index in [1.165, 1.54) is 18.3 Å². The van der Waals surface area contributed by atoms with Crippen LogP contribution in [0.3, 0.4) is 0 Å². The number of carbonyl (C=O) groups is 3. The molecule has 1 aliphatic rings. The largest absolute Gasteiger partial charge is 0.497 e. The summed E-state index contributed by atoms with van der Waals surface area (Å²) in [5.74, 6) is 0.186. The Morgan fingerprint density at radius 1 is 1.06 bits per heavy atom. The molecule has 1 saturated heterocycles. The van der Waals surface area contributed by atoms with Crippen molar-refractivity contribution in [2.75, 3.05) is 17.3 Å². The van der Waals surface area contributed by atoms with Crippen molar-refractivity contribution in [1.29, 1.82) is 0 Å². The normalized spacial score (nSPS) is 16.0. The Morgan fingerprint density at radius 2 is 1.87 bits per heavy atom. The van der Waals surface area contributed by atoms with Crippen LogP contribution in [0.4, 0.5) is 16.2 Å². The highest BCUT2D eigenvalue weighted by Gasteiger charge is 2.47. The number of nitrogens with one attached hydrogen (secondary N) is 1. The van der Waals surface area contributed by atoms with E-state index in [9.17, 15) is 14.4 Å². The average Bonchev–Trinajstić information content (AvgIpc) is 3.37. The number of hydrogen-bond donors (Lipinski definition) is 1. The van der Waals surface area contributed by atoms with E-state index in [1.807, 2.05) is 6.07 Å². The minimum atomic E-state index is -0.965. The molecule has 1 atom stereocenters. The molecule has 3 aromatic rings. The van der Waals surface area contributed by atoms with E-state index in [4.69, 9.17) is 9.15 Å². The summed E-state index contributed by atoms with van der Waals surface area (Å²) >= 11 is 0. The summed E-state index contributed by atoms with van der Waals surface area (Å²) < 4.78 is 10.6. The Labute approximate surface area is 179 Å². The van der Waals surface area contributed by atoms with Gasteiger partial charge in [-0.15, -0.1) is 0 Å². The molecule has 8 heteroatoms. The molecule has 0 spiro atoms. The van der Waals surface area contributed by atoms with Crippen molar-refractivity contribution in [1.82, 2.24) is 4.90 Å². The zero-order valence-electron chi connectivity index (χ0n) is 16.9. The van der Waals surface area contributed by atoms with Crippen molar-refractivity contribution in [3.05, 3.63) is 78.8 Å². The second-order valence-corrected chi connectivity index (χ2v) is 7.00. The summed E-state index contributed by atoms with van der Waals surface area (Å²) in [7, 11) is 1.51. The molecule has 0 bridgehead atoms. The predicted octanol–water partition coefficient (Wildman–Crippen LogP) is 3.65. The molecule has 2 aromatic carbocycles. The van der Waals surface area contributed by atoms with Gasteiger partial charge in [-0.1, -0.05) is 24.3 Å². The number of anilines is 2. The number of imide groups is 1. The first kappa shape index (κ1) is 20.2. The summed E-state index contributed by atoms with van der Waals surface area (Å²) in [6.07, 6.45) is 1.31. The molecule has 0 saturated carbocycles. The third kappa shape index (κ3) is 4.28. The fourth-order valence-electron chi connectivity index (χ4n) is 3.48. The first-order valence-corrected chi connectivity index (χ1v) is 9.72. The van der Waals surface area contributed by atoms with Gasteiger partial charge in [-0.2, -0.15) is 0 Å². The van der Waals surface area contributed by atoms with Crippen LogP contribution in [-0.4, -0.2) is 35.9 Å². The molecule has 8 nitrogen and oxygen atoms in total. The zero-order valence-corrected chi connectivity index (χ0v) is 16.9. The Hall–Kier alpha value is -4.07. The minimum absolute atomic E-state index is 0.0708. The van der Waals surface area contributed by atoms with Crippen LogP contribution in [0.1, 0.15) is 12.2 Å². The Kier molecular flexibility index (Phi) is 5.70. The van der Waals surface area contributed by atoms with Gasteiger partial charge in [-0.25, -0.2) is 9.69 Å². The highest BCUT2D eigenvalue weighted by Crippen LogP contribution is 2.30. The summed E-state index contributed by atoms with van der Waals surface area (Å²) in [4.78, 5) is 41.5. The minimum Gasteiger partial charge on any atom is -0.497 e. The van der Waals surface area contributed by atoms with Gasteiger partial charge in [0.15, 0.2) is 0 Å². The van der Waals surface area contributed by atoms with E-state index in [1.54, 1.807) is 60.7 Å². The van der Waals surface area contributed by atoms with E-state index < -0.39 is 18.0 Å².